The Morgan fingerprint density at radius 3 is 2.37 bits per heavy atom. The third-order valence-corrected chi connectivity index (χ3v) is 4.72. The predicted molar refractivity (Wildman–Crippen MR) is 111 cm³/mol. The van der Waals surface area contributed by atoms with E-state index in [1.165, 1.54) is 12.1 Å². The zero-order valence-corrected chi connectivity index (χ0v) is 18.3. The van der Waals surface area contributed by atoms with Crippen molar-refractivity contribution in [2.24, 2.45) is 0 Å². The third-order valence-electron chi connectivity index (χ3n) is 3.61. The van der Waals surface area contributed by atoms with Crippen molar-refractivity contribution in [2.75, 3.05) is 31.2 Å². The summed E-state index contributed by atoms with van der Waals surface area (Å²) in [5, 5.41) is 19.2. The highest BCUT2D eigenvalue weighted by Crippen LogP contribution is 2.27. The van der Waals surface area contributed by atoms with Crippen LogP contribution >= 0.6 is 0 Å². The minimum atomic E-state index is -3.56. The maximum Gasteiger partial charge on any atom is 0.407 e. The molecule has 30 heavy (non-hydrogen) atoms. The molecule has 1 rings (SSSR count). The number of sulfone groups is 1. The van der Waals surface area contributed by atoms with Crippen LogP contribution in [0.5, 0.6) is 0 Å². The van der Waals surface area contributed by atoms with E-state index in [9.17, 15) is 28.1 Å². The van der Waals surface area contributed by atoms with E-state index in [-0.39, 0.29) is 41.7 Å². The van der Waals surface area contributed by atoms with E-state index in [1.807, 2.05) is 0 Å². The molecule has 12 heteroatoms. The summed E-state index contributed by atoms with van der Waals surface area (Å²) >= 11 is 0. The van der Waals surface area contributed by atoms with Gasteiger partial charge in [0.15, 0.2) is 9.84 Å². The summed E-state index contributed by atoms with van der Waals surface area (Å²) in [7, 11) is -3.56. The summed E-state index contributed by atoms with van der Waals surface area (Å²) in [5.74, 6) is -0.232. The molecule has 11 nitrogen and oxygen atoms in total. The van der Waals surface area contributed by atoms with Crippen molar-refractivity contribution in [3.05, 3.63) is 28.3 Å². The topological polar surface area (TPSA) is 157 Å². The van der Waals surface area contributed by atoms with Gasteiger partial charge < -0.3 is 20.7 Å². The third kappa shape index (κ3) is 9.54. The molecule has 0 saturated heterocycles. The van der Waals surface area contributed by atoms with Crippen molar-refractivity contribution in [2.45, 2.75) is 44.1 Å². The molecule has 0 atom stereocenters. The van der Waals surface area contributed by atoms with Gasteiger partial charge in [0.05, 0.1) is 9.82 Å². The van der Waals surface area contributed by atoms with E-state index >= 15 is 0 Å². The summed E-state index contributed by atoms with van der Waals surface area (Å²) in [5.41, 5.74) is -0.796. The van der Waals surface area contributed by atoms with Crippen LogP contribution < -0.4 is 16.0 Å². The molecule has 168 valence electrons. The summed E-state index contributed by atoms with van der Waals surface area (Å²) < 4.78 is 28.2. The smallest absolute Gasteiger partial charge is 0.407 e. The van der Waals surface area contributed by atoms with Crippen molar-refractivity contribution in [3.63, 3.8) is 0 Å². The van der Waals surface area contributed by atoms with Gasteiger partial charge in [0.2, 0.25) is 5.91 Å². The SMILES string of the molecule is CC(C)(C)OC(=O)NCCCC(=O)NCCNc1ccc(S(C)(=O)=O)cc1[N+](=O)[O-]. The molecule has 0 saturated carbocycles. The molecule has 2 amide bonds. The van der Waals surface area contributed by atoms with Crippen LogP contribution in [-0.2, 0) is 19.4 Å². The molecule has 0 heterocycles. The van der Waals surface area contributed by atoms with Gasteiger partial charge in [-0.25, -0.2) is 13.2 Å². The van der Waals surface area contributed by atoms with E-state index in [2.05, 4.69) is 16.0 Å². The zero-order chi connectivity index (χ0) is 22.9. The summed E-state index contributed by atoms with van der Waals surface area (Å²) in [6.45, 7) is 5.97. The Kier molecular flexibility index (Phi) is 9.02. The average Bonchev–Trinajstić information content (AvgIpc) is 2.60. The Balaban J connectivity index is 2.37. The first-order valence-corrected chi connectivity index (χ1v) is 11.1. The number of carbonyl (C=O) groups excluding carboxylic acids is 2. The number of nitro benzene ring substituents is 1. The van der Waals surface area contributed by atoms with Crippen LogP contribution in [0.3, 0.4) is 0 Å². The maximum atomic E-state index is 11.8. The zero-order valence-electron chi connectivity index (χ0n) is 17.5. The predicted octanol–water partition coefficient (Wildman–Crippen LogP) is 1.83. The lowest BCUT2D eigenvalue weighted by molar-refractivity contribution is -0.384. The number of hydrogen-bond acceptors (Lipinski definition) is 8. The molecule has 1 aromatic rings. The van der Waals surface area contributed by atoms with Gasteiger partial charge >= 0.3 is 6.09 Å². The molecule has 0 aliphatic carbocycles. The molecular formula is C18H28N4O7S. The standard InChI is InChI=1S/C18H28N4O7S/c1-18(2,3)29-17(24)21-9-5-6-16(23)20-11-10-19-14-8-7-13(30(4,27)28)12-15(14)22(25)26/h7-8,12,19H,5-6,9-11H2,1-4H3,(H,20,23)(H,21,24). The first kappa shape index (κ1) is 25.1. The van der Waals surface area contributed by atoms with Gasteiger partial charge in [-0.1, -0.05) is 0 Å². The number of carbonyl (C=O) groups is 2. The van der Waals surface area contributed by atoms with Crippen molar-refractivity contribution in [1.82, 2.24) is 10.6 Å². The first-order valence-electron chi connectivity index (χ1n) is 9.25. The van der Waals surface area contributed by atoms with Crippen LogP contribution in [0.4, 0.5) is 16.2 Å². The molecule has 0 fully saturated rings. The van der Waals surface area contributed by atoms with E-state index in [4.69, 9.17) is 4.74 Å². The van der Waals surface area contributed by atoms with E-state index in [0.717, 1.165) is 12.3 Å². The molecule has 1 aromatic carbocycles. The molecule has 3 N–H and O–H groups in total. The fourth-order valence-electron chi connectivity index (χ4n) is 2.28. The number of alkyl carbamates (subject to hydrolysis) is 1. The molecule has 0 unspecified atom stereocenters. The van der Waals surface area contributed by atoms with Crippen molar-refractivity contribution < 1.29 is 27.7 Å². The molecular weight excluding hydrogens is 416 g/mol. The fourth-order valence-corrected chi connectivity index (χ4v) is 2.92. The van der Waals surface area contributed by atoms with Crippen molar-refractivity contribution in [3.8, 4) is 0 Å². The van der Waals surface area contributed by atoms with E-state index in [1.54, 1.807) is 20.8 Å². The maximum absolute atomic E-state index is 11.8. The average molecular weight is 445 g/mol. The quantitative estimate of drug-likeness (QED) is 0.280. The second-order valence-corrected chi connectivity index (χ2v) is 9.53. The van der Waals surface area contributed by atoms with Crippen molar-refractivity contribution >= 4 is 33.2 Å². The highest BCUT2D eigenvalue weighted by atomic mass is 32.2. The monoisotopic (exact) mass is 444 g/mol. The molecule has 0 aromatic heterocycles. The second-order valence-electron chi connectivity index (χ2n) is 7.52. The molecule has 0 aliphatic rings. The summed E-state index contributed by atoms with van der Waals surface area (Å²) in [6.07, 6.45) is 1.05. The number of amides is 2. The fraction of sp³-hybridized carbons (Fsp3) is 0.556. The Bertz CT molecular complexity index is 879. The van der Waals surface area contributed by atoms with Gasteiger partial charge in [-0.3, -0.25) is 14.9 Å². The van der Waals surface area contributed by atoms with Crippen LogP contribution in [0.1, 0.15) is 33.6 Å². The number of hydrogen-bond donors (Lipinski definition) is 3. The van der Waals surface area contributed by atoms with Gasteiger partial charge in [-0.05, 0) is 39.3 Å². The minimum absolute atomic E-state index is 0.145. The largest absolute Gasteiger partial charge is 0.444 e. The Labute approximate surface area is 175 Å². The van der Waals surface area contributed by atoms with Gasteiger partial charge in [0.25, 0.3) is 5.69 Å². The molecule has 0 radical (unpaired) electrons. The minimum Gasteiger partial charge on any atom is -0.444 e. The Morgan fingerprint density at radius 1 is 1.13 bits per heavy atom. The normalized spacial score (nSPS) is 11.5. The molecule has 0 spiro atoms. The Morgan fingerprint density at radius 2 is 1.80 bits per heavy atom. The van der Waals surface area contributed by atoms with Crippen LogP contribution in [0.2, 0.25) is 0 Å². The van der Waals surface area contributed by atoms with Crippen LogP contribution in [-0.4, -0.2) is 56.8 Å². The number of anilines is 1. The molecule has 0 bridgehead atoms. The lowest BCUT2D eigenvalue weighted by Crippen LogP contribution is -2.34. The lowest BCUT2D eigenvalue weighted by atomic mass is 10.2. The first-order chi connectivity index (χ1) is 13.8. The number of nitro groups is 1. The van der Waals surface area contributed by atoms with Gasteiger partial charge in [0.1, 0.15) is 11.3 Å². The van der Waals surface area contributed by atoms with Gasteiger partial charge in [-0.15, -0.1) is 0 Å². The highest BCUT2D eigenvalue weighted by molar-refractivity contribution is 7.90. The number of rotatable bonds is 10. The van der Waals surface area contributed by atoms with Crippen LogP contribution in [0, 0.1) is 10.1 Å². The number of nitrogens with one attached hydrogen (secondary N) is 3. The molecule has 0 aliphatic heterocycles. The van der Waals surface area contributed by atoms with Gasteiger partial charge in [0, 0.05) is 38.4 Å². The number of benzene rings is 1. The summed E-state index contributed by atoms with van der Waals surface area (Å²) in [4.78, 5) is 33.6. The van der Waals surface area contributed by atoms with Crippen LogP contribution in [0.25, 0.3) is 0 Å². The lowest BCUT2D eigenvalue weighted by Gasteiger charge is -2.19. The van der Waals surface area contributed by atoms with Crippen LogP contribution in [0.15, 0.2) is 23.1 Å². The van der Waals surface area contributed by atoms with Gasteiger partial charge in [-0.2, -0.15) is 0 Å². The second kappa shape index (κ2) is 10.8. The highest BCUT2D eigenvalue weighted by Gasteiger charge is 2.18. The summed E-state index contributed by atoms with van der Waals surface area (Å²) in [6, 6.07) is 3.59. The number of ether oxygens (including phenoxy) is 1. The van der Waals surface area contributed by atoms with Crippen molar-refractivity contribution in [1.29, 1.82) is 0 Å². The van der Waals surface area contributed by atoms with E-state index < -0.39 is 26.5 Å². The van der Waals surface area contributed by atoms with E-state index in [0.29, 0.717) is 13.0 Å². The Hall–Kier alpha value is -2.89. The number of nitrogens with zero attached hydrogens (tertiary/aromatic N) is 1.